The molecule has 2 atom stereocenters. The molecule has 2 nitrogen and oxygen atoms in total. The highest BCUT2D eigenvalue weighted by atomic mass is 35.5. The van der Waals surface area contributed by atoms with Crippen LogP contribution < -0.4 is 5.32 Å². The first-order chi connectivity index (χ1) is 6.99. The Morgan fingerprint density at radius 3 is 2.33 bits per heavy atom. The molecule has 0 aliphatic heterocycles. The van der Waals surface area contributed by atoms with Crippen LogP contribution >= 0.6 is 11.6 Å². The number of amides is 1. The van der Waals surface area contributed by atoms with Crippen LogP contribution in [0.5, 0.6) is 0 Å². The van der Waals surface area contributed by atoms with Crippen molar-refractivity contribution in [3.63, 3.8) is 0 Å². The second-order valence-corrected chi connectivity index (χ2v) is 6.88. The Morgan fingerprint density at radius 1 is 1.27 bits per heavy atom. The van der Waals surface area contributed by atoms with E-state index in [4.69, 9.17) is 11.6 Å². The average molecular weight is 228 g/mol. The van der Waals surface area contributed by atoms with E-state index in [1.807, 2.05) is 0 Å². The summed E-state index contributed by atoms with van der Waals surface area (Å²) in [5, 5.41) is 3.19. The fraction of sp³-hybridized carbons (Fsp3) is 0.917. The third-order valence-electron chi connectivity index (χ3n) is 4.43. The molecular formula is C12H18ClNO. The summed E-state index contributed by atoms with van der Waals surface area (Å²) >= 11 is 6.65. The van der Waals surface area contributed by atoms with Crippen molar-refractivity contribution in [2.75, 3.05) is 0 Å². The molecule has 4 aliphatic rings. The van der Waals surface area contributed by atoms with Gasteiger partial charge in [-0.1, -0.05) is 0 Å². The molecule has 0 aromatic heterocycles. The second kappa shape index (κ2) is 2.91. The van der Waals surface area contributed by atoms with E-state index < -0.39 is 0 Å². The van der Waals surface area contributed by atoms with E-state index in [2.05, 4.69) is 5.32 Å². The average Bonchev–Trinajstić information content (AvgIpc) is 1.94. The molecule has 4 rings (SSSR count). The van der Waals surface area contributed by atoms with Gasteiger partial charge in [0.15, 0.2) is 0 Å². The smallest absolute Gasteiger partial charge is 0.217 e. The largest absolute Gasteiger partial charge is 0.351 e. The zero-order valence-electron chi connectivity index (χ0n) is 9.18. The summed E-state index contributed by atoms with van der Waals surface area (Å²) in [6.45, 7) is 1.62. The van der Waals surface area contributed by atoms with Gasteiger partial charge in [0, 0.05) is 17.3 Å². The Hall–Kier alpha value is -0.240. The monoisotopic (exact) mass is 227 g/mol. The minimum atomic E-state index is 0.00648. The van der Waals surface area contributed by atoms with Crippen molar-refractivity contribution in [2.45, 2.75) is 55.9 Å². The molecule has 1 N–H and O–H groups in total. The van der Waals surface area contributed by atoms with Gasteiger partial charge in [-0.15, -0.1) is 11.6 Å². The van der Waals surface area contributed by atoms with Crippen LogP contribution in [0.4, 0.5) is 0 Å². The third-order valence-corrected chi connectivity index (χ3v) is 4.87. The molecule has 0 saturated heterocycles. The van der Waals surface area contributed by atoms with Crippen LogP contribution in [0.2, 0.25) is 0 Å². The molecular weight excluding hydrogens is 210 g/mol. The number of hydrogen-bond acceptors (Lipinski definition) is 1. The summed E-state index contributed by atoms with van der Waals surface area (Å²) in [6, 6.07) is 0. The summed E-state index contributed by atoms with van der Waals surface area (Å²) in [7, 11) is 0. The zero-order valence-corrected chi connectivity index (χ0v) is 9.94. The van der Waals surface area contributed by atoms with Crippen LogP contribution in [-0.4, -0.2) is 16.3 Å². The van der Waals surface area contributed by atoms with Crippen molar-refractivity contribution < 1.29 is 4.79 Å². The molecule has 4 fully saturated rings. The van der Waals surface area contributed by atoms with Crippen LogP contribution in [0, 0.1) is 11.8 Å². The Balaban J connectivity index is 1.89. The Bertz CT molecular complexity index is 301. The van der Waals surface area contributed by atoms with Crippen LogP contribution in [0.25, 0.3) is 0 Å². The Labute approximate surface area is 95.8 Å². The number of halogens is 1. The minimum absolute atomic E-state index is 0.00648. The molecule has 4 saturated carbocycles. The van der Waals surface area contributed by atoms with Gasteiger partial charge in [-0.05, 0) is 50.4 Å². The number of nitrogens with one attached hydrogen (secondary N) is 1. The molecule has 4 aliphatic carbocycles. The first kappa shape index (κ1) is 9.95. The zero-order chi connectivity index (χ0) is 10.7. The number of alkyl halides is 1. The molecule has 0 spiro atoms. The Morgan fingerprint density at radius 2 is 1.87 bits per heavy atom. The maximum absolute atomic E-state index is 11.3. The quantitative estimate of drug-likeness (QED) is 0.685. The second-order valence-electron chi connectivity index (χ2n) is 6.07. The number of rotatable bonds is 1. The summed E-state index contributed by atoms with van der Waals surface area (Å²) < 4.78 is 0. The van der Waals surface area contributed by atoms with Crippen LogP contribution in [-0.2, 0) is 4.79 Å². The van der Waals surface area contributed by atoms with Crippen molar-refractivity contribution in [2.24, 2.45) is 11.8 Å². The maximum Gasteiger partial charge on any atom is 0.217 e. The van der Waals surface area contributed by atoms with Gasteiger partial charge in [0.1, 0.15) is 0 Å². The predicted molar refractivity (Wildman–Crippen MR) is 59.8 cm³/mol. The maximum atomic E-state index is 11.3. The van der Waals surface area contributed by atoms with Crippen LogP contribution in [0.1, 0.15) is 45.4 Å². The van der Waals surface area contributed by atoms with E-state index in [9.17, 15) is 4.79 Å². The number of carbonyl (C=O) groups excluding carboxylic acids is 1. The highest BCUT2D eigenvalue weighted by Crippen LogP contribution is 2.59. The van der Waals surface area contributed by atoms with Crippen molar-refractivity contribution in [3.8, 4) is 0 Å². The standard InChI is InChI=1S/C12H18ClNO/c1-8(15)14-12-5-9-2-10(6-12)4-11(13,3-9)7-12/h9-10H,2-7H2,1H3,(H,14,15). The molecule has 0 aromatic carbocycles. The van der Waals surface area contributed by atoms with Gasteiger partial charge in [-0.3, -0.25) is 4.79 Å². The molecule has 3 heteroatoms. The predicted octanol–water partition coefficient (Wildman–Crippen LogP) is 2.45. The molecule has 0 aromatic rings. The fourth-order valence-electron chi connectivity index (χ4n) is 4.67. The third kappa shape index (κ3) is 1.57. The van der Waals surface area contributed by atoms with Crippen LogP contribution in [0.15, 0.2) is 0 Å². The lowest BCUT2D eigenvalue weighted by atomic mass is 9.52. The van der Waals surface area contributed by atoms with Gasteiger partial charge in [0.25, 0.3) is 0 Å². The molecule has 84 valence electrons. The summed E-state index contributed by atoms with van der Waals surface area (Å²) in [4.78, 5) is 11.3. The highest BCUT2D eigenvalue weighted by molar-refractivity contribution is 6.24. The molecule has 4 bridgehead atoms. The van der Waals surface area contributed by atoms with Gasteiger partial charge < -0.3 is 5.32 Å². The lowest BCUT2D eigenvalue weighted by molar-refractivity contribution is -0.124. The Kier molecular flexibility index (Phi) is 1.93. The van der Waals surface area contributed by atoms with E-state index in [0.29, 0.717) is 0 Å². The summed E-state index contributed by atoms with van der Waals surface area (Å²) in [6.07, 6.45) is 7.01. The molecule has 1 amide bonds. The first-order valence-corrected chi connectivity index (χ1v) is 6.34. The van der Waals surface area contributed by atoms with Crippen molar-refractivity contribution in [1.29, 1.82) is 0 Å². The molecule has 0 radical (unpaired) electrons. The SMILES string of the molecule is CC(=O)NC12CC3CC(CC(Cl)(C3)C1)C2. The van der Waals surface area contributed by atoms with Crippen molar-refractivity contribution >= 4 is 17.5 Å². The van der Waals surface area contributed by atoms with Crippen molar-refractivity contribution in [3.05, 3.63) is 0 Å². The van der Waals surface area contributed by atoms with Crippen molar-refractivity contribution in [1.82, 2.24) is 5.32 Å². The highest BCUT2D eigenvalue weighted by Gasteiger charge is 2.57. The van der Waals surface area contributed by atoms with E-state index in [1.165, 1.54) is 19.3 Å². The van der Waals surface area contributed by atoms with E-state index >= 15 is 0 Å². The minimum Gasteiger partial charge on any atom is -0.351 e. The number of carbonyl (C=O) groups is 1. The van der Waals surface area contributed by atoms with Gasteiger partial charge in [0.2, 0.25) is 5.91 Å². The van der Waals surface area contributed by atoms with Gasteiger partial charge in [0.05, 0.1) is 0 Å². The lowest BCUT2D eigenvalue weighted by Gasteiger charge is -2.60. The van der Waals surface area contributed by atoms with Crippen LogP contribution in [0.3, 0.4) is 0 Å². The van der Waals surface area contributed by atoms with Gasteiger partial charge in [-0.25, -0.2) is 0 Å². The molecule has 2 unspecified atom stereocenters. The lowest BCUT2D eigenvalue weighted by Crippen LogP contribution is -2.63. The van der Waals surface area contributed by atoms with Gasteiger partial charge >= 0.3 is 0 Å². The topological polar surface area (TPSA) is 29.1 Å². The van der Waals surface area contributed by atoms with Gasteiger partial charge in [-0.2, -0.15) is 0 Å². The first-order valence-electron chi connectivity index (χ1n) is 5.96. The molecule has 15 heavy (non-hydrogen) atoms. The normalized spacial score (nSPS) is 51.9. The van der Waals surface area contributed by atoms with E-state index in [-0.39, 0.29) is 16.3 Å². The molecule has 0 heterocycles. The summed E-state index contributed by atoms with van der Waals surface area (Å²) in [5.74, 6) is 1.63. The fourth-order valence-corrected chi connectivity index (χ4v) is 5.36. The van der Waals surface area contributed by atoms with E-state index in [1.54, 1.807) is 6.92 Å². The van der Waals surface area contributed by atoms with E-state index in [0.717, 1.165) is 31.1 Å². The number of hydrogen-bond donors (Lipinski definition) is 1. The summed E-state index contributed by atoms with van der Waals surface area (Å²) in [5.41, 5.74) is 0.0532.